The van der Waals surface area contributed by atoms with Crippen molar-refractivity contribution in [2.45, 2.75) is 0 Å². The smallest absolute Gasteiger partial charge is 0.350 e. The predicted molar refractivity (Wildman–Crippen MR) is 84.8 cm³/mol. The lowest BCUT2D eigenvalue weighted by molar-refractivity contribution is -0.111. The van der Waals surface area contributed by atoms with E-state index < -0.39 is 5.97 Å². The van der Waals surface area contributed by atoms with E-state index in [1.54, 1.807) is 35.7 Å². The number of carbonyl (C=O) groups is 2. The van der Waals surface area contributed by atoms with Crippen LogP contribution in [0.4, 0.5) is 5.69 Å². The summed E-state index contributed by atoms with van der Waals surface area (Å²) in [5.41, 5.74) is 1.25. The highest BCUT2D eigenvalue weighted by atomic mass is 35.5. The molecule has 108 valence electrons. The van der Waals surface area contributed by atoms with Gasteiger partial charge in [0.1, 0.15) is 4.88 Å². The first-order chi connectivity index (χ1) is 10.1. The van der Waals surface area contributed by atoms with Gasteiger partial charge in [-0.1, -0.05) is 23.7 Å². The number of nitrogens with one attached hydrogen (secondary N) is 1. The minimum Gasteiger partial charge on any atom is -0.465 e. The summed E-state index contributed by atoms with van der Waals surface area (Å²) in [7, 11) is 1.30. The summed E-state index contributed by atoms with van der Waals surface area (Å²) in [6.45, 7) is 0. The molecule has 1 N–H and O–H groups in total. The first-order valence-electron chi connectivity index (χ1n) is 6.00. The highest BCUT2D eigenvalue weighted by Crippen LogP contribution is 2.23. The van der Waals surface area contributed by atoms with Crippen LogP contribution < -0.4 is 5.32 Å². The second-order valence-corrected chi connectivity index (χ2v) is 5.39. The summed E-state index contributed by atoms with van der Waals surface area (Å²) in [6.07, 6.45) is 3.02. The van der Waals surface area contributed by atoms with E-state index in [0.717, 1.165) is 5.56 Å². The fraction of sp³-hybridized carbons (Fsp3) is 0.0667. The number of benzene rings is 1. The minimum absolute atomic E-state index is 0.335. The van der Waals surface area contributed by atoms with Crippen molar-refractivity contribution in [2.75, 3.05) is 12.4 Å². The molecule has 0 atom stereocenters. The number of rotatable bonds is 4. The maximum atomic E-state index is 11.9. The van der Waals surface area contributed by atoms with Crippen molar-refractivity contribution in [1.82, 2.24) is 0 Å². The van der Waals surface area contributed by atoms with E-state index in [0.29, 0.717) is 15.6 Å². The lowest BCUT2D eigenvalue weighted by atomic mass is 10.2. The molecular formula is C15H12ClNO3S. The molecule has 0 aliphatic rings. The highest BCUT2D eigenvalue weighted by Gasteiger charge is 2.14. The Morgan fingerprint density at radius 2 is 2.14 bits per heavy atom. The van der Waals surface area contributed by atoms with E-state index in [1.165, 1.54) is 24.5 Å². The van der Waals surface area contributed by atoms with E-state index in [1.807, 2.05) is 6.07 Å². The minimum atomic E-state index is -0.473. The molecule has 0 bridgehead atoms. The molecule has 0 fully saturated rings. The third-order valence-electron chi connectivity index (χ3n) is 2.57. The van der Waals surface area contributed by atoms with Gasteiger partial charge in [-0.25, -0.2) is 4.79 Å². The molecule has 0 aliphatic heterocycles. The Bertz CT molecular complexity index is 694. The number of esters is 1. The Hall–Kier alpha value is -2.11. The van der Waals surface area contributed by atoms with Crippen LogP contribution in [0.2, 0.25) is 5.02 Å². The Labute approximate surface area is 131 Å². The van der Waals surface area contributed by atoms with Crippen molar-refractivity contribution < 1.29 is 14.3 Å². The van der Waals surface area contributed by atoms with Crippen molar-refractivity contribution in [3.05, 3.63) is 57.3 Å². The van der Waals surface area contributed by atoms with Crippen LogP contribution >= 0.6 is 22.9 Å². The third kappa shape index (κ3) is 4.18. The number of hydrogen-bond acceptors (Lipinski definition) is 4. The Morgan fingerprint density at radius 1 is 1.33 bits per heavy atom. The SMILES string of the molecule is COC(=O)c1sccc1NC(=O)/C=C/c1cccc(Cl)c1. The quantitative estimate of drug-likeness (QED) is 0.687. The lowest BCUT2D eigenvalue weighted by Crippen LogP contribution is -2.10. The molecule has 0 unspecified atom stereocenters. The van der Waals surface area contributed by atoms with Crippen LogP contribution in [0.3, 0.4) is 0 Å². The fourth-order valence-corrected chi connectivity index (χ4v) is 2.58. The molecule has 1 aromatic heterocycles. The van der Waals surface area contributed by atoms with Crippen molar-refractivity contribution >= 4 is 46.6 Å². The van der Waals surface area contributed by atoms with Crippen molar-refractivity contribution in [3.8, 4) is 0 Å². The average molecular weight is 322 g/mol. The van der Waals surface area contributed by atoms with Gasteiger partial charge in [0.2, 0.25) is 5.91 Å². The van der Waals surface area contributed by atoms with Gasteiger partial charge >= 0.3 is 5.97 Å². The number of anilines is 1. The van der Waals surface area contributed by atoms with Crippen LogP contribution in [0.1, 0.15) is 15.2 Å². The average Bonchev–Trinajstić information content (AvgIpc) is 2.92. The topological polar surface area (TPSA) is 55.4 Å². The van der Waals surface area contributed by atoms with E-state index >= 15 is 0 Å². The third-order valence-corrected chi connectivity index (χ3v) is 3.70. The van der Waals surface area contributed by atoms with Gasteiger partial charge in [0.05, 0.1) is 12.8 Å². The zero-order chi connectivity index (χ0) is 15.2. The summed E-state index contributed by atoms with van der Waals surface area (Å²) in [5, 5.41) is 4.95. The van der Waals surface area contributed by atoms with Gasteiger partial charge in [0, 0.05) is 11.1 Å². The highest BCUT2D eigenvalue weighted by molar-refractivity contribution is 7.12. The van der Waals surface area contributed by atoms with Crippen molar-refractivity contribution in [2.24, 2.45) is 0 Å². The van der Waals surface area contributed by atoms with Crippen molar-refractivity contribution in [1.29, 1.82) is 0 Å². The number of ether oxygens (including phenoxy) is 1. The second kappa shape index (κ2) is 7.06. The normalized spacial score (nSPS) is 10.6. The number of carbonyl (C=O) groups excluding carboxylic acids is 2. The monoisotopic (exact) mass is 321 g/mol. The molecule has 1 aromatic carbocycles. The molecule has 1 heterocycles. The molecule has 1 amide bonds. The second-order valence-electron chi connectivity index (χ2n) is 4.03. The van der Waals surface area contributed by atoms with Gasteiger partial charge in [0.25, 0.3) is 0 Å². The van der Waals surface area contributed by atoms with Gasteiger partial charge in [0.15, 0.2) is 0 Å². The Morgan fingerprint density at radius 3 is 2.86 bits per heavy atom. The number of hydrogen-bond donors (Lipinski definition) is 1. The first kappa shape index (κ1) is 15.3. The summed E-state index contributed by atoms with van der Waals surface area (Å²) in [6, 6.07) is 8.79. The molecule has 6 heteroatoms. The number of amides is 1. The van der Waals surface area contributed by atoms with Crippen LogP contribution in [0.15, 0.2) is 41.8 Å². The van der Waals surface area contributed by atoms with Gasteiger partial charge in [-0.15, -0.1) is 11.3 Å². The molecule has 4 nitrogen and oxygen atoms in total. The lowest BCUT2D eigenvalue weighted by Gasteiger charge is -2.02. The summed E-state index contributed by atoms with van der Waals surface area (Å²) >= 11 is 7.07. The maximum absolute atomic E-state index is 11.9. The summed E-state index contributed by atoms with van der Waals surface area (Å²) < 4.78 is 4.65. The Kier molecular flexibility index (Phi) is 5.14. The number of thiophene rings is 1. The van der Waals surface area contributed by atoms with E-state index in [4.69, 9.17) is 11.6 Å². The summed E-state index contributed by atoms with van der Waals surface area (Å²) in [5.74, 6) is -0.808. The van der Waals surface area contributed by atoms with Crippen molar-refractivity contribution in [3.63, 3.8) is 0 Å². The van der Waals surface area contributed by atoms with Crippen LogP contribution in [-0.4, -0.2) is 19.0 Å². The van der Waals surface area contributed by atoms with Gasteiger partial charge in [-0.3, -0.25) is 4.79 Å². The molecule has 21 heavy (non-hydrogen) atoms. The fourth-order valence-electron chi connectivity index (χ4n) is 1.62. The van der Waals surface area contributed by atoms with Crippen LogP contribution in [0.5, 0.6) is 0 Å². The first-order valence-corrected chi connectivity index (χ1v) is 7.26. The summed E-state index contributed by atoms with van der Waals surface area (Å²) in [4.78, 5) is 23.7. The molecule has 0 aliphatic carbocycles. The molecule has 2 aromatic rings. The van der Waals surface area contributed by atoms with E-state index in [-0.39, 0.29) is 5.91 Å². The van der Waals surface area contributed by atoms with E-state index in [9.17, 15) is 9.59 Å². The molecular weight excluding hydrogens is 310 g/mol. The standard InChI is InChI=1S/C15H12ClNO3S/c1-20-15(19)14-12(7-8-21-14)17-13(18)6-5-10-3-2-4-11(16)9-10/h2-9H,1H3,(H,17,18)/b6-5+. The maximum Gasteiger partial charge on any atom is 0.350 e. The van der Waals surface area contributed by atoms with Gasteiger partial charge in [-0.05, 0) is 35.2 Å². The van der Waals surface area contributed by atoms with Gasteiger partial charge in [-0.2, -0.15) is 0 Å². The zero-order valence-electron chi connectivity index (χ0n) is 11.1. The molecule has 0 radical (unpaired) electrons. The van der Waals surface area contributed by atoms with Gasteiger partial charge < -0.3 is 10.1 Å². The Balaban J connectivity index is 2.05. The molecule has 0 spiro atoms. The number of halogens is 1. The predicted octanol–water partition coefficient (Wildman–Crippen LogP) is 3.84. The molecule has 0 saturated carbocycles. The largest absolute Gasteiger partial charge is 0.465 e. The number of methoxy groups -OCH3 is 1. The molecule has 0 saturated heterocycles. The van der Waals surface area contributed by atoms with E-state index in [2.05, 4.69) is 10.1 Å². The van der Waals surface area contributed by atoms with Crippen LogP contribution in [0.25, 0.3) is 6.08 Å². The molecule has 2 rings (SSSR count). The van der Waals surface area contributed by atoms with Crippen LogP contribution in [-0.2, 0) is 9.53 Å². The zero-order valence-corrected chi connectivity index (χ0v) is 12.7. The van der Waals surface area contributed by atoms with Crippen LogP contribution in [0, 0.1) is 0 Å².